The van der Waals surface area contributed by atoms with E-state index >= 15 is 0 Å². The zero-order valence-electron chi connectivity index (χ0n) is 15.4. The van der Waals surface area contributed by atoms with Crippen LogP contribution in [0.4, 0.5) is 0 Å². The lowest BCUT2D eigenvalue weighted by Gasteiger charge is -2.17. The first-order chi connectivity index (χ1) is 10.3. The molecule has 23 heavy (non-hydrogen) atoms. The van der Waals surface area contributed by atoms with Crippen molar-refractivity contribution in [2.75, 3.05) is 13.6 Å². The Morgan fingerprint density at radius 2 is 1.96 bits per heavy atom. The maximum absolute atomic E-state index is 5.31. The Kier molecular flexibility index (Phi) is 10.5. The highest BCUT2D eigenvalue weighted by Gasteiger charge is 2.09. The van der Waals surface area contributed by atoms with Gasteiger partial charge in [-0.15, -0.1) is 24.0 Å². The molecule has 0 saturated heterocycles. The van der Waals surface area contributed by atoms with Crippen LogP contribution in [0, 0.1) is 5.41 Å². The number of nitrogens with one attached hydrogen (secondary N) is 2. The summed E-state index contributed by atoms with van der Waals surface area (Å²) in [5.41, 5.74) is 1.40. The quantitative estimate of drug-likeness (QED) is 0.290. The molecule has 0 saturated carbocycles. The second kappa shape index (κ2) is 10.9. The molecule has 1 heterocycles. The van der Waals surface area contributed by atoms with Gasteiger partial charge in [-0.05, 0) is 24.2 Å². The number of unbranched alkanes of at least 4 members (excludes halogenated alkanes) is 1. The molecule has 1 aromatic rings. The van der Waals surface area contributed by atoms with Crippen molar-refractivity contribution < 1.29 is 4.52 Å². The van der Waals surface area contributed by atoms with Gasteiger partial charge in [0, 0.05) is 19.7 Å². The van der Waals surface area contributed by atoms with Crippen LogP contribution in [0.15, 0.2) is 15.6 Å². The molecule has 0 aliphatic heterocycles. The summed E-state index contributed by atoms with van der Waals surface area (Å²) in [5, 5.41) is 10.6. The van der Waals surface area contributed by atoms with E-state index in [1.807, 2.05) is 6.07 Å². The van der Waals surface area contributed by atoms with Gasteiger partial charge in [-0.3, -0.25) is 4.99 Å². The third-order valence-corrected chi connectivity index (χ3v) is 3.47. The van der Waals surface area contributed by atoms with E-state index in [0.29, 0.717) is 17.9 Å². The van der Waals surface area contributed by atoms with Crippen molar-refractivity contribution in [1.82, 2.24) is 15.8 Å². The number of rotatable bonds is 7. The first-order valence-corrected chi connectivity index (χ1v) is 8.22. The lowest BCUT2D eigenvalue weighted by Crippen LogP contribution is -2.37. The zero-order valence-corrected chi connectivity index (χ0v) is 17.7. The Bertz CT molecular complexity index is 463. The standard InChI is InChI=1S/C17H32N4O.HI/c1-13(2)15-11-14(22-21-15)12-20-16(18-6)19-10-8-7-9-17(3,4)5;/h11,13H,7-10,12H2,1-6H3,(H2,18,19,20);1H. The van der Waals surface area contributed by atoms with Gasteiger partial charge < -0.3 is 15.2 Å². The van der Waals surface area contributed by atoms with Gasteiger partial charge in [0.05, 0.1) is 12.2 Å². The number of aliphatic imine (C=N–C) groups is 1. The van der Waals surface area contributed by atoms with Crippen LogP contribution in [0.25, 0.3) is 0 Å². The molecule has 0 unspecified atom stereocenters. The number of nitrogens with zero attached hydrogens (tertiary/aromatic N) is 2. The molecule has 0 amide bonds. The minimum atomic E-state index is 0. The number of hydrogen-bond acceptors (Lipinski definition) is 3. The third-order valence-electron chi connectivity index (χ3n) is 3.47. The van der Waals surface area contributed by atoms with E-state index < -0.39 is 0 Å². The van der Waals surface area contributed by atoms with E-state index in [1.165, 1.54) is 12.8 Å². The molecule has 1 aromatic heterocycles. The smallest absolute Gasteiger partial charge is 0.191 e. The molecule has 0 aliphatic rings. The molecule has 5 nitrogen and oxygen atoms in total. The van der Waals surface area contributed by atoms with Crippen molar-refractivity contribution in [3.63, 3.8) is 0 Å². The molecule has 0 spiro atoms. The van der Waals surface area contributed by atoms with E-state index in [2.05, 4.69) is 55.4 Å². The van der Waals surface area contributed by atoms with Gasteiger partial charge >= 0.3 is 0 Å². The summed E-state index contributed by atoms with van der Waals surface area (Å²) in [7, 11) is 1.78. The first-order valence-electron chi connectivity index (χ1n) is 8.22. The Hall–Kier alpha value is -0.790. The molecule has 1 rings (SSSR count). The van der Waals surface area contributed by atoms with E-state index in [0.717, 1.165) is 30.4 Å². The average Bonchev–Trinajstić information content (AvgIpc) is 2.89. The summed E-state index contributed by atoms with van der Waals surface area (Å²) < 4.78 is 5.31. The predicted octanol–water partition coefficient (Wildman–Crippen LogP) is 4.30. The Morgan fingerprint density at radius 1 is 1.26 bits per heavy atom. The van der Waals surface area contributed by atoms with E-state index in [9.17, 15) is 0 Å². The lowest BCUT2D eigenvalue weighted by molar-refractivity contribution is 0.360. The fourth-order valence-electron chi connectivity index (χ4n) is 2.06. The van der Waals surface area contributed by atoms with Crippen LogP contribution < -0.4 is 10.6 Å². The molecule has 0 fully saturated rings. The van der Waals surface area contributed by atoms with E-state index in [1.54, 1.807) is 7.05 Å². The molecule has 6 heteroatoms. The van der Waals surface area contributed by atoms with Crippen LogP contribution in [-0.4, -0.2) is 24.7 Å². The second-order valence-electron chi connectivity index (χ2n) is 7.24. The van der Waals surface area contributed by atoms with E-state index in [-0.39, 0.29) is 24.0 Å². The third kappa shape index (κ3) is 9.84. The van der Waals surface area contributed by atoms with Crippen LogP contribution in [0.1, 0.15) is 71.3 Å². The summed E-state index contributed by atoms with van der Waals surface area (Å²) in [5.74, 6) is 2.02. The maximum Gasteiger partial charge on any atom is 0.191 e. The number of guanidine groups is 1. The Labute approximate surface area is 158 Å². The average molecular weight is 436 g/mol. The van der Waals surface area contributed by atoms with Crippen molar-refractivity contribution in [2.45, 2.75) is 66.3 Å². The van der Waals surface area contributed by atoms with Crippen molar-refractivity contribution >= 4 is 29.9 Å². The Balaban J connectivity index is 0.00000484. The van der Waals surface area contributed by atoms with Crippen molar-refractivity contribution in [3.05, 3.63) is 17.5 Å². The monoisotopic (exact) mass is 436 g/mol. The minimum absolute atomic E-state index is 0. The van der Waals surface area contributed by atoms with Crippen LogP contribution in [0.5, 0.6) is 0 Å². The predicted molar refractivity (Wildman–Crippen MR) is 108 cm³/mol. The van der Waals surface area contributed by atoms with Gasteiger partial charge in [0.1, 0.15) is 0 Å². The number of aromatic nitrogens is 1. The molecule has 0 bridgehead atoms. The SMILES string of the molecule is CN=C(NCCCCC(C)(C)C)NCc1cc(C(C)C)no1.I. The van der Waals surface area contributed by atoms with Crippen LogP contribution in [0.3, 0.4) is 0 Å². The van der Waals surface area contributed by atoms with Crippen LogP contribution >= 0.6 is 24.0 Å². The van der Waals surface area contributed by atoms with Gasteiger partial charge in [-0.2, -0.15) is 0 Å². The van der Waals surface area contributed by atoms with Gasteiger partial charge in [-0.25, -0.2) is 0 Å². The number of halogens is 1. The highest BCUT2D eigenvalue weighted by Crippen LogP contribution is 2.21. The van der Waals surface area contributed by atoms with Gasteiger partial charge in [0.15, 0.2) is 11.7 Å². The van der Waals surface area contributed by atoms with Crippen LogP contribution in [0.2, 0.25) is 0 Å². The van der Waals surface area contributed by atoms with Gasteiger partial charge in [-0.1, -0.05) is 46.2 Å². The Morgan fingerprint density at radius 3 is 2.48 bits per heavy atom. The summed E-state index contributed by atoms with van der Waals surface area (Å²) in [6, 6.07) is 1.99. The minimum Gasteiger partial charge on any atom is -0.359 e. The summed E-state index contributed by atoms with van der Waals surface area (Å²) in [6.07, 6.45) is 3.63. The topological polar surface area (TPSA) is 62.5 Å². The molecule has 2 N–H and O–H groups in total. The second-order valence-corrected chi connectivity index (χ2v) is 7.24. The molecule has 0 aliphatic carbocycles. The van der Waals surface area contributed by atoms with Gasteiger partial charge in [0.25, 0.3) is 0 Å². The molecular formula is C17H33IN4O. The van der Waals surface area contributed by atoms with Crippen molar-refractivity contribution in [3.8, 4) is 0 Å². The zero-order chi connectivity index (χ0) is 16.6. The summed E-state index contributed by atoms with van der Waals surface area (Å²) >= 11 is 0. The summed E-state index contributed by atoms with van der Waals surface area (Å²) in [6.45, 7) is 12.6. The highest BCUT2D eigenvalue weighted by atomic mass is 127. The fraction of sp³-hybridized carbons (Fsp3) is 0.765. The lowest BCUT2D eigenvalue weighted by atomic mass is 9.90. The fourth-order valence-corrected chi connectivity index (χ4v) is 2.06. The first kappa shape index (κ1) is 22.2. The molecule has 134 valence electrons. The van der Waals surface area contributed by atoms with E-state index in [4.69, 9.17) is 4.52 Å². The normalized spacial score (nSPS) is 12.2. The largest absolute Gasteiger partial charge is 0.359 e. The summed E-state index contributed by atoms with van der Waals surface area (Å²) in [4.78, 5) is 4.22. The highest BCUT2D eigenvalue weighted by molar-refractivity contribution is 14.0. The molecule has 0 radical (unpaired) electrons. The molecular weight excluding hydrogens is 403 g/mol. The molecule has 0 atom stereocenters. The van der Waals surface area contributed by atoms with Crippen molar-refractivity contribution in [2.24, 2.45) is 10.4 Å². The maximum atomic E-state index is 5.31. The van der Waals surface area contributed by atoms with Gasteiger partial charge in [0.2, 0.25) is 0 Å². The van der Waals surface area contributed by atoms with Crippen molar-refractivity contribution in [1.29, 1.82) is 0 Å². The number of hydrogen-bond donors (Lipinski definition) is 2. The molecule has 0 aromatic carbocycles. The van der Waals surface area contributed by atoms with Crippen LogP contribution in [-0.2, 0) is 6.54 Å².